The smallest absolute Gasteiger partial charge is 0.226 e. The fourth-order valence-electron chi connectivity index (χ4n) is 3.85. The van der Waals surface area contributed by atoms with Gasteiger partial charge in [0.1, 0.15) is 0 Å². The second-order valence-electron chi connectivity index (χ2n) is 8.13. The quantitative estimate of drug-likeness (QED) is 0.521. The summed E-state index contributed by atoms with van der Waals surface area (Å²) in [5.41, 5.74) is 5.20. The number of benzene rings is 2. The van der Waals surface area contributed by atoms with Crippen molar-refractivity contribution in [3.8, 4) is 11.1 Å². The van der Waals surface area contributed by atoms with Gasteiger partial charge in [0.25, 0.3) is 0 Å². The summed E-state index contributed by atoms with van der Waals surface area (Å²) in [6.07, 6.45) is 4.62. The van der Waals surface area contributed by atoms with Crippen LogP contribution in [-0.2, 0) is 17.8 Å². The molecule has 1 aromatic heterocycles. The Balaban J connectivity index is 1.26. The lowest BCUT2D eigenvalue weighted by Crippen LogP contribution is -2.31. The SMILES string of the molecule is O=C(Cc1ccc(-c2ccc(NCC3CCNCC3)cc2)cn1)NCc1ccccc1. The number of rotatable bonds is 8. The van der Waals surface area contributed by atoms with Gasteiger partial charge < -0.3 is 16.0 Å². The Morgan fingerprint density at radius 3 is 2.39 bits per heavy atom. The molecule has 0 spiro atoms. The molecule has 2 aromatic carbocycles. The molecule has 0 bridgehead atoms. The van der Waals surface area contributed by atoms with Crippen LogP contribution in [0.5, 0.6) is 0 Å². The highest BCUT2D eigenvalue weighted by Crippen LogP contribution is 2.22. The third kappa shape index (κ3) is 6.40. The van der Waals surface area contributed by atoms with Gasteiger partial charge >= 0.3 is 0 Å². The molecule has 0 saturated carbocycles. The minimum Gasteiger partial charge on any atom is -0.385 e. The summed E-state index contributed by atoms with van der Waals surface area (Å²) < 4.78 is 0. The van der Waals surface area contributed by atoms with Crippen molar-refractivity contribution in [3.05, 3.63) is 84.2 Å². The lowest BCUT2D eigenvalue weighted by atomic mass is 9.98. The highest BCUT2D eigenvalue weighted by atomic mass is 16.1. The second kappa shape index (κ2) is 10.7. The summed E-state index contributed by atoms with van der Waals surface area (Å²) in [4.78, 5) is 16.7. The molecule has 0 unspecified atom stereocenters. The Kier molecular flexibility index (Phi) is 7.29. The zero-order valence-corrected chi connectivity index (χ0v) is 17.8. The molecule has 2 heterocycles. The molecule has 31 heavy (non-hydrogen) atoms. The van der Waals surface area contributed by atoms with E-state index in [0.717, 1.165) is 53.6 Å². The number of pyridine rings is 1. The number of nitrogens with zero attached hydrogens (tertiary/aromatic N) is 1. The summed E-state index contributed by atoms with van der Waals surface area (Å²) in [6, 6.07) is 22.4. The van der Waals surface area contributed by atoms with Gasteiger partial charge in [-0.05, 0) is 61.2 Å². The predicted octanol–water partition coefficient (Wildman–Crippen LogP) is 4.02. The first-order chi connectivity index (χ1) is 15.3. The standard InChI is InChI=1S/C26H30N4O/c31-26(30-18-20-4-2-1-3-5-20)16-25-11-8-23(19-29-25)22-6-9-24(10-7-22)28-17-21-12-14-27-15-13-21/h1-11,19,21,27-28H,12-18H2,(H,30,31). The topological polar surface area (TPSA) is 66.0 Å². The maximum atomic E-state index is 12.2. The van der Waals surface area contributed by atoms with Gasteiger partial charge in [0, 0.05) is 36.2 Å². The first-order valence-electron chi connectivity index (χ1n) is 11.1. The minimum absolute atomic E-state index is 0.0201. The van der Waals surface area contributed by atoms with Gasteiger partial charge in [-0.3, -0.25) is 9.78 Å². The van der Waals surface area contributed by atoms with Crippen molar-refractivity contribution < 1.29 is 4.79 Å². The van der Waals surface area contributed by atoms with Crippen LogP contribution < -0.4 is 16.0 Å². The van der Waals surface area contributed by atoms with E-state index in [9.17, 15) is 4.79 Å². The van der Waals surface area contributed by atoms with Crippen LogP contribution >= 0.6 is 0 Å². The van der Waals surface area contributed by atoms with E-state index in [1.54, 1.807) is 0 Å². The average molecular weight is 415 g/mol. The molecular weight excluding hydrogens is 384 g/mol. The van der Waals surface area contributed by atoms with Crippen LogP contribution in [0, 0.1) is 5.92 Å². The number of carbonyl (C=O) groups excluding carboxylic acids is 1. The molecule has 1 fully saturated rings. The van der Waals surface area contributed by atoms with Crippen molar-refractivity contribution in [1.82, 2.24) is 15.6 Å². The van der Waals surface area contributed by atoms with E-state index in [2.05, 4.69) is 45.2 Å². The Hall–Kier alpha value is -3.18. The second-order valence-corrected chi connectivity index (χ2v) is 8.13. The third-order valence-electron chi connectivity index (χ3n) is 5.77. The van der Waals surface area contributed by atoms with E-state index >= 15 is 0 Å². The Bertz CT molecular complexity index is 949. The fraction of sp³-hybridized carbons (Fsp3) is 0.308. The van der Waals surface area contributed by atoms with Gasteiger partial charge in [0.05, 0.1) is 6.42 Å². The molecule has 1 aliphatic rings. The molecule has 1 saturated heterocycles. The van der Waals surface area contributed by atoms with E-state index in [4.69, 9.17) is 0 Å². The molecule has 160 valence electrons. The molecular formula is C26H30N4O. The number of amides is 1. The zero-order valence-electron chi connectivity index (χ0n) is 17.8. The van der Waals surface area contributed by atoms with Crippen LogP contribution in [0.1, 0.15) is 24.1 Å². The number of hydrogen-bond donors (Lipinski definition) is 3. The van der Waals surface area contributed by atoms with Crippen LogP contribution in [0.2, 0.25) is 0 Å². The largest absolute Gasteiger partial charge is 0.385 e. The number of nitrogens with one attached hydrogen (secondary N) is 3. The van der Waals surface area contributed by atoms with Gasteiger partial charge in [-0.2, -0.15) is 0 Å². The monoisotopic (exact) mass is 414 g/mol. The number of hydrogen-bond acceptors (Lipinski definition) is 4. The molecule has 1 aliphatic heterocycles. The molecule has 4 rings (SSSR count). The van der Waals surface area contributed by atoms with Crippen LogP contribution in [-0.4, -0.2) is 30.5 Å². The number of carbonyl (C=O) groups is 1. The Labute approximate surface area is 184 Å². The molecule has 0 radical (unpaired) electrons. The molecule has 3 aromatic rings. The van der Waals surface area contributed by atoms with Crippen LogP contribution in [0.4, 0.5) is 5.69 Å². The van der Waals surface area contributed by atoms with Gasteiger partial charge in [0.15, 0.2) is 0 Å². The summed E-state index contributed by atoms with van der Waals surface area (Å²) in [5.74, 6) is 0.732. The van der Waals surface area contributed by atoms with E-state index < -0.39 is 0 Å². The highest BCUT2D eigenvalue weighted by Gasteiger charge is 2.12. The summed E-state index contributed by atoms with van der Waals surface area (Å²) >= 11 is 0. The average Bonchev–Trinajstić information content (AvgIpc) is 2.84. The van der Waals surface area contributed by atoms with Crippen LogP contribution in [0.15, 0.2) is 72.9 Å². The normalized spacial score (nSPS) is 14.2. The maximum Gasteiger partial charge on any atom is 0.226 e. The van der Waals surface area contributed by atoms with E-state index in [1.165, 1.54) is 12.8 Å². The van der Waals surface area contributed by atoms with Crippen molar-refractivity contribution in [2.75, 3.05) is 25.0 Å². The van der Waals surface area contributed by atoms with E-state index in [1.807, 2.05) is 48.7 Å². The lowest BCUT2D eigenvalue weighted by Gasteiger charge is -2.23. The maximum absolute atomic E-state index is 12.2. The van der Waals surface area contributed by atoms with Crippen molar-refractivity contribution in [1.29, 1.82) is 0 Å². The number of piperidine rings is 1. The first-order valence-corrected chi connectivity index (χ1v) is 11.1. The fourth-order valence-corrected chi connectivity index (χ4v) is 3.85. The van der Waals surface area contributed by atoms with Gasteiger partial charge in [0.2, 0.25) is 5.91 Å². The van der Waals surface area contributed by atoms with Crippen molar-refractivity contribution >= 4 is 11.6 Å². The van der Waals surface area contributed by atoms with Gasteiger partial charge in [-0.1, -0.05) is 48.5 Å². The number of aromatic nitrogens is 1. The minimum atomic E-state index is -0.0201. The van der Waals surface area contributed by atoms with Crippen molar-refractivity contribution in [2.45, 2.75) is 25.8 Å². The van der Waals surface area contributed by atoms with Gasteiger partial charge in [-0.25, -0.2) is 0 Å². The Morgan fingerprint density at radius 2 is 1.68 bits per heavy atom. The third-order valence-corrected chi connectivity index (χ3v) is 5.77. The Morgan fingerprint density at radius 1 is 0.935 bits per heavy atom. The molecule has 0 atom stereocenters. The van der Waals surface area contributed by atoms with Crippen LogP contribution in [0.25, 0.3) is 11.1 Å². The molecule has 5 heteroatoms. The van der Waals surface area contributed by atoms with E-state index in [-0.39, 0.29) is 12.3 Å². The molecule has 1 amide bonds. The van der Waals surface area contributed by atoms with Crippen molar-refractivity contribution in [3.63, 3.8) is 0 Å². The molecule has 5 nitrogen and oxygen atoms in total. The lowest BCUT2D eigenvalue weighted by molar-refractivity contribution is -0.120. The zero-order chi connectivity index (χ0) is 21.3. The van der Waals surface area contributed by atoms with Gasteiger partial charge in [-0.15, -0.1) is 0 Å². The summed E-state index contributed by atoms with van der Waals surface area (Å²) in [7, 11) is 0. The summed E-state index contributed by atoms with van der Waals surface area (Å²) in [6.45, 7) is 3.82. The van der Waals surface area contributed by atoms with E-state index in [0.29, 0.717) is 6.54 Å². The summed E-state index contributed by atoms with van der Waals surface area (Å²) in [5, 5.41) is 9.92. The molecule has 0 aliphatic carbocycles. The number of anilines is 1. The van der Waals surface area contributed by atoms with Crippen LogP contribution in [0.3, 0.4) is 0 Å². The molecule has 3 N–H and O–H groups in total. The van der Waals surface area contributed by atoms with Crippen molar-refractivity contribution in [2.24, 2.45) is 5.92 Å². The predicted molar refractivity (Wildman–Crippen MR) is 126 cm³/mol. The first kappa shape index (κ1) is 21.1. The highest BCUT2D eigenvalue weighted by molar-refractivity contribution is 5.78.